The Kier molecular flexibility index (Phi) is 15.1. The second kappa shape index (κ2) is 18.0. The van der Waals surface area contributed by atoms with Crippen LogP contribution in [0.25, 0.3) is 0 Å². The van der Waals surface area contributed by atoms with Crippen molar-refractivity contribution in [1.29, 1.82) is 0 Å². The summed E-state index contributed by atoms with van der Waals surface area (Å²) in [5, 5.41) is 0. The van der Waals surface area contributed by atoms with Crippen LogP contribution >= 0.6 is 0 Å². The average molecular weight is 441 g/mol. The number of rotatable bonds is 20. The van der Waals surface area contributed by atoms with Crippen LogP contribution in [0.2, 0.25) is 0 Å². The normalized spacial score (nSPS) is 15.8. The van der Waals surface area contributed by atoms with Crippen molar-refractivity contribution in [3.05, 3.63) is 42.7 Å². The molecular weight excluding hydrogens is 388 g/mol. The second-order valence-corrected chi connectivity index (χ2v) is 9.85. The zero-order chi connectivity index (χ0) is 22.7. The minimum absolute atomic E-state index is 0.506. The van der Waals surface area contributed by atoms with Gasteiger partial charge in [0.1, 0.15) is 6.17 Å². The summed E-state index contributed by atoms with van der Waals surface area (Å²) in [4.78, 5) is 5.13. The van der Waals surface area contributed by atoms with Gasteiger partial charge in [-0.2, -0.15) is 0 Å². The van der Waals surface area contributed by atoms with Crippen molar-refractivity contribution in [2.75, 3.05) is 11.4 Å². The highest BCUT2D eigenvalue weighted by Gasteiger charge is 2.26. The van der Waals surface area contributed by atoms with E-state index in [1.165, 1.54) is 128 Å². The molecule has 1 aromatic carbocycles. The van der Waals surface area contributed by atoms with E-state index < -0.39 is 0 Å². The number of hydrogen-bond acceptors (Lipinski definition) is 2. The van der Waals surface area contributed by atoms with E-state index in [0.29, 0.717) is 6.17 Å². The molecule has 0 radical (unpaired) electrons. The summed E-state index contributed by atoms with van der Waals surface area (Å²) in [6.07, 6.45) is 30.3. The van der Waals surface area contributed by atoms with Crippen molar-refractivity contribution >= 4 is 5.69 Å². The molecule has 2 rings (SSSR count). The molecule has 0 N–H and O–H groups in total. The Bertz CT molecular complexity index is 567. The molecule has 0 saturated carbocycles. The van der Waals surface area contributed by atoms with Gasteiger partial charge in [-0.05, 0) is 31.4 Å². The molecule has 0 bridgehead atoms. The zero-order valence-electron chi connectivity index (χ0n) is 21.4. The minimum atomic E-state index is 0.506. The monoisotopic (exact) mass is 440 g/mol. The molecule has 1 unspecified atom stereocenters. The molecule has 182 valence electrons. The highest BCUT2D eigenvalue weighted by molar-refractivity contribution is 5.51. The van der Waals surface area contributed by atoms with Gasteiger partial charge in [-0.25, -0.2) is 0 Å². The van der Waals surface area contributed by atoms with Crippen LogP contribution in [-0.4, -0.2) is 17.6 Å². The van der Waals surface area contributed by atoms with Gasteiger partial charge in [-0.15, -0.1) is 0 Å². The number of benzene rings is 1. The molecular formula is C30H52N2. The van der Waals surface area contributed by atoms with Gasteiger partial charge in [-0.3, -0.25) is 0 Å². The van der Waals surface area contributed by atoms with Gasteiger partial charge in [0.2, 0.25) is 0 Å². The minimum Gasteiger partial charge on any atom is -0.356 e. The van der Waals surface area contributed by atoms with E-state index in [0.717, 1.165) is 0 Å². The Morgan fingerprint density at radius 1 is 0.562 bits per heavy atom. The predicted octanol–water partition coefficient (Wildman–Crippen LogP) is 9.67. The van der Waals surface area contributed by atoms with E-state index >= 15 is 0 Å². The third-order valence-electron chi connectivity index (χ3n) is 7.01. The Morgan fingerprint density at radius 2 is 1.06 bits per heavy atom. The summed E-state index contributed by atoms with van der Waals surface area (Å²) in [6, 6.07) is 11.0. The van der Waals surface area contributed by atoms with Gasteiger partial charge in [0.25, 0.3) is 0 Å². The van der Waals surface area contributed by atoms with Gasteiger partial charge >= 0.3 is 0 Å². The van der Waals surface area contributed by atoms with Gasteiger partial charge < -0.3 is 9.80 Å². The predicted molar refractivity (Wildman–Crippen MR) is 143 cm³/mol. The van der Waals surface area contributed by atoms with Crippen LogP contribution in [0.4, 0.5) is 5.69 Å². The number of para-hydroxylation sites is 1. The first-order chi connectivity index (χ1) is 15.9. The summed E-state index contributed by atoms with van der Waals surface area (Å²) in [6.45, 7) is 5.80. The molecule has 1 aliphatic rings. The molecule has 2 nitrogen and oxygen atoms in total. The molecule has 1 aliphatic heterocycles. The van der Waals surface area contributed by atoms with E-state index in [1.807, 2.05) is 0 Å². The Labute approximate surface area is 200 Å². The van der Waals surface area contributed by atoms with Crippen molar-refractivity contribution in [3.8, 4) is 0 Å². The van der Waals surface area contributed by atoms with Crippen LogP contribution in [0.5, 0.6) is 0 Å². The van der Waals surface area contributed by atoms with Crippen LogP contribution < -0.4 is 4.90 Å². The van der Waals surface area contributed by atoms with Crippen LogP contribution in [0.1, 0.15) is 129 Å². The van der Waals surface area contributed by atoms with Crippen LogP contribution in [0.15, 0.2) is 42.7 Å². The van der Waals surface area contributed by atoms with Crippen molar-refractivity contribution < 1.29 is 0 Å². The SMILES string of the molecule is CCCCCCCCCCCCC1N(CCCCCCCCC)C=CN1c1ccccc1. The highest BCUT2D eigenvalue weighted by Crippen LogP contribution is 2.28. The number of nitrogens with zero attached hydrogens (tertiary/aromatic N) is 2. The third-order valence-corrected chi connectivity index (χ3v) is 7.01. The molecule has 0 aromatic heterocycles. The highest BCUT2D eigenvalue weighted by atomic mass is 15.4. The summed E-state index contributed by atoms with van der Waals surface area (Å²) in [7, 11) is 0. The Balaban J connectivity index is 1.68. The van der Waals surface area contributed by atoms with Gasteiger partial charge in [-0.1, -0.05) is 128 Å². The molecule has 0 amide bonds. The maximum absolute atomic E-state index is 2.62. The maximum Gasteiger partial charge on any atom is 0.105 e. The van der Waals surface area contributed by atoms with Crippen molar-refractivity contribution in [3.63, 3.8) is 0 Å². The van der Waals surface area contributed by atoms with E-state index in [4.69, 9.17) is 0 Å². The van der Waals surface area contributed by atoms with Crippen molar-refractivity contribution in [2.24, 2.45) is 0 Å². The first-order valence-corrected chi connectivity index (χ1v) is 14.1. The van der Waals surface area contributed by atoms with Crippen molar-refractivity contribution in [1.82, 2.24) is 4.90 Å². The topological polar surface area (TPSA) is 6.48 Å². The average Bonchev–Trinajstić information content (AvgIpc) is 3.23. The molecule has 0 spiro atoms. The third kappa shape index (κ3) is 10.9. The summed E-state index contributed by atoms with van der Waals surface area (Å²) in [5.74, 6) is 0. The second-order valence-electron chi connectivity index (χ2n) is 9.85. The lowest BCUT2D eigenvalue weighted by molar-refractivity contribution is 0.273. The lowest BCUT2D eigenvalue weighted by atomic mass is 10.0. The summed E-state index contributed by atoms with van der Waals surface area (Å²) in [5.41, 5.74) is 1.34. The smallest absolute Gasteiger partial charge is 0.105 e. The van der Waals surface area contributed by atoms with Gasteiger partial charge in [0, 0.05) is 24.6 Å². The molecule has 0 fully saturated rings. The zero-order valence-corrected chi connectivity index (χ0v) is 21.4. The largest absolute Gasteiger partial charge is 0.356 e. The fourth-order valence-corrected chi connectivity index (χ4v) is 4.97. The molecule has 2 heteroatoms. The first kappa shape index (κ1) is 26.8. The number of hydrogen-bond donors (Lipinski definition) is 0. The molecule has 32 heavy (non-hydrogen) atoms. The number of unbranched alkanes of at least 4 members (excludes halogenated alkanes) is 15. The lowest BCUT2D eigenvalue weighted by Crippen LogP contribution is -2.39. The number of anilines is 1. The van der Waals surface area contributed by atoms with E-state index in [-0.39, 0.29) is 0 Å². The summed E-state index contributed by atoms with van der Waals surface area (Å²) < 4.78 is 0. The Hall–Kier alpha value is -1.44. The standard InChI is InChI=1S/C30H52N2/c1-3-5-7-9-11-12-13-14-16-21-25-30-31(26-22-17-15-10-8-6-4-2)27-28-32(30)29-23-19-18-20-24-29/h18-20,23-24,27-28,30H,3-17,21-22,25-26H2,1-2H3. The maximum atomic E-state index is 2.62. The van der Waals surface area contributed by atoms with E-state index in [1.54, 1.807) is 0 Å². The van der Waals surface area contributed by atoms with Gasteiger partial charge in [0.05, 0.1) is 0 Å². The quantitative estimate of drug-likeness (QED) is 0.186. The van der Waals surface area contributed by atoms with Crippen molar-refractivity contribution in [2.45, 2.75) is 136 Å². The first-order valence-electron chi connectivity index (χ1n) is 14.1. The Morgan fingerprint density at radius 3 is 1.62 bits per heavy atom. The molecule has 0 saturated heterocycles. The molecule has 1 aromatic rings. The fourth-order valence-electron chi connectivity index (χ4n) is 4.97. The molecule has 1 atom stereocenters. The molecule has 0 aliphatic carbocycles. The van der Waals surface area contributed by atoms with Crippen LogP contribution in [-0.2, 0) is 0 Å². The van der Waals surface area contributed by atoms with E-state index in [9.17, 15) is 0 Å². The lowest BCUT2D eigenvalue weighted by Gasteiger charge is -2.33. The van der Waals surface area contributed by atoms with Gasteiger partial charge in [0.15, 0.2) is 0 Å². The summed E-state index contributed by atoms with van der Waals surface area (Å²) >= 11 is 0. The van der Waals surface area contributed by atoms with Crippen LogP contribution in [0.3, 0.4) is 0 Å². The molecule has 1 heterocycles. The van der Waals surface area contributed by atoms with E-state index in [2.05, 4.69) is 66.4 Å². The fraction of sp³-hybridized carbons (Fsp3) is 0.733. The van der Waals surface area contributed by atoms with Crippen LogP contribution in [0, 0.1) is 0 Å².